The predicted octanol–water partition coefficient (Wildman–Crippen LogP) is 1.62. The monoisotopic (exact) mass is 214 g/mol. The van der Waals surface area contributed by atoms with E-state index in [1.807, 2.05) is 0 Å². The molecule has 0 spiro atoms. The van der Waals surface area contributed by atoms with Gasteiger partial charge in [0.2, 0.25) is 0 Å². The summed E-state index contributed by atoms with van der Waals surface area (Å²) in [6.07, 6.45) is 4.87. The van der Waals surface area contributed by atoms with Gasteiger partial charge in [-0.1, -0.05) is 26.7 Å². The van der Waals surface area contributed by atoms with Gasteiger partial charge in [0.1, 0.15) is 0 Å². The number of ether oxygens (including phenoxy) is 1. The first-order chi connectivity index (χ1) is 7.26. The highest BCUT2D eigenvalue weighted by Crippen LogP contribution is 2.31. The lowest BCUT2D eigenvalue weighted by molar-refractivity contribution is -0.0406. The fourth-order valence-corrected chi connectivity index (χ4v) is 2.36. The molecule has 0 atom stereocenters. The molecule has 0 bridgehead atoms. The molecule has 0 aromatic heterocycles. The van der Waals surface area contributed by atoms with Crippen LogP contribution in [-0.2, 0) is 4.74 Å². The molecule has 3 heteroatoms. The zero-order valence-electron chi connectivity index (χ0n) is 10.3. The van der Waals surface area contributed by atoms with Crippen LogP contribution in [0.1, 0.15) is 39.5 Å². The second-order valence-electron chi connectivity index (χ2n) is 4.47. The molecular weight excluding hydrogens is 188 g/mol. The van der Waals surface area contributed by atoms with E-state index in [0.29, 0.717) is 6.54 Å². The van der Waals surface area contributed by atoms with E-state index in [1.165, 1.54) is 12.8 Å². The Morgan fingerprint density at radius 1 is 1.20 bits per heavy atom. The summed E-state index contributed by atoms with van der Waals surface area (Å²) in [4.78, 5) is 2.39. The second kappa shape index (κ2) is 6.46. The van der Waals surface area contributed by atoms with Gasteiger partial charge in [-0.3, -0.25) is 0 Å². The van der Waals surface area contributed by atoms with E-state index in [1.54, 1.807) is 0 Å². The first-order valence-corrected chi connectivity index (χ1v) is 6.32. The molecule has 15 heavy (non-hydrogen) atoms. The first kappa shape index (κ1) is 12.9. The molecule has 1 aliphatic rings. The maximum atomic E-state index is 6.01. The number of rotatable bonds is 7. The molecule has 0 saturated heterocycles. The Hall–Kier alpha value is -0.120. The SMILES string of the molecule is CCN(CC)CCOC1(CN)CCCC1. The Morgan fingerprint density at radius 3 is 2.27 bits per heavy atom. The smallest absolute Gasteiger partial charge is 0.0804 e. The molecule has 0 unspecified atom stereocenters. The molecule has 0 heterocycles. The number of hydrogen-bond acceptors (Lipinski definition) is 3. The zero-order chi connectivity index (χ0) is 11.1. The number of likely N-dealkylation sites (N-methyl/N-ethyl adjacent to an activating group) is 1. The molecule has 1 fully saturated rings. The lowest BCUT2D eigenvalue weighted by Gasteiger charge is -2.29. The molecule has 1 saturated carbocycles. The number of nitrogens with two attached hydrogens (primary N) is 1. The molecule has 0 aromatic rings. The van der Waals surface area contributed by atoms with Crippen molar-refractivity contribution in [2.24, 2.45) is 5.73 Å². The summed E-state index contributed by atoms with van der Waals surface area (Å²) in [6, 6.07) is 0. The van der Waals surface area contributed by atoms with Gasteiger partial charge >= 0.3 is 0 Å². The van der Waals surface area contributed by atoms with E-state index in [-0.39, 0.29) is 5.60 Å². The Bertz CT molecular complexity index is 163. The number of nitrogens with zero attached hydrogens (tertiary/aromatic N) is 1. The molecular formula is C12H26N2O. The quantitative estimate of drug-likeness (QED) is 0.700. The largest absolute Gasteiger partial charge is 0.372 e. The Morgan fingerprint density at radius 2 is 1.80 bits per heavy atom. The summed E-state index contributed by atoms with van der Waals surface area (Å²) >= 11 is 0. The van der Waals surface area contributed by atoms with Gasteiger partial charge in [0.05, 0.1) is 12.2 Å². The summed E-state index contributed by atoms with van der Waals surface area (Å²) in [7, 11) is 0. The van der Waals surface area contributed by atoms with Crippen LogP contribution in [0, 0.1) is 0 Å². The highest BCUT2D eigenvalue weighted by atomic mass is 16.5. The number of hydrogen-bond donors (Lipinski definition) is 1. The van der Waals surface area contributed by atoms with Gasteiger partial charge < -0.3 is 15.4 Å². The lowest BCUT2D eigenvalue weighted by Crippen LogP contribution is -2.40. The van der Waals surface area contributed by atoms with Gasteiger partial charge in [-0.25, -0.2) is 0 Å². The average Bonchev–Trinajstić information content (AvgIpc) is 2.74. The highest BCUT2D eigenvalue weighted by Gasteiger charge is 2.33. The zero-order valence-corrected chi connectivity index (χ0v) is 10.3. The molecule has 1 aliphatic carbocycles. The van der Waals surface area contributed by atoms with Crippen molar-refractivity contribution in [3.8, 4) is 0 Å². The summed E-state index contributed by atoms with van der Waals surface area (Å²) in [6.45, 7) is 9.15. The van der Waals surface area contributed by atoms with Crippen LogP contribution >= 0.6 is 0 Å². The van der Waals surface area contributed by atoms with Gasteiger partial charge in [-0.15, -0.1) is 0 Å². The van der Waals surface area contributed by atoms with E-state index in [9.17, 15) is 0 Å². The summed E-state index contributed by atoms with van der Waals surface area (Å²) < 4.78 is 6.01. The Balaban J connectivity index is 2.22. The minimum absolute atomic E-state index is 0.0210. The molecule has 1 rings (SSSR count). The summed E-state index contributed by atoms with van der Waals surface area (Å²) in [5.74, 6) is 0. The maximum Gasteiger partial charge on any atom is 0.0804 e. The van der Waals surface area contributed by atoms with Gasteiger partial charge in [-0.2, -0.15) is 0 Å². The highest BCUT2D eigenvalue weighted by molar-refractivity contribution is 4.87. The molecule has 0 amide bonds. The maximum absolute atomic E-state index is 6.01. The molecule has 90 valence electrons. The van der Waals surface area contributed by atoms with Crippen molar-refractivity contribution in [2.45, 2.75) is 45.1 Å². The van der Waals surface area contributed by atoms with E-state index < -0.39 is 0 Å². The van der Waals surface area contributed by atoms with Gasteiger partial charge in [0.25, 0.3) is 0 Å². The minimum Gasteiger partial charge on any atom is -0.372 e. The van der Waals surface area contributed by atoms with Crippen LogP contribution in [0.15, 0.2) is 0 Å². The summed E-state index contributed by atoms with van der Waals surface area (Å²) in [5, 5.41) is 0. The average molecular weight is 214 g/mol. The van der Waals surface area contributed by atoms with E-state index in [4.69, 9.17) is 10.5 Å². The second-order valence-corrected chi connectivity index (χ2v) is 4.47. The van der Waals surface area contributed by atoms with Crippen LogP contribution in [0.2, 0.25) is 0 Å². The Kier molecular flexibility index (Phi) is 5.58. The topological polar surface area (TPSA) is 38.5 Å². The van der Waals surface area contributed by atoms with E-state index in [0.717, 1.165) is 39.1 Å². The van der Waals surface area contributed by atoms with Gasteiger partial charge in [0, 0.05) is 13.1 Å². The van der Waals surface area contributed by atoms with Crippen molar-refractivity contribution in [3.05, 3.63) is 0 Å². The third kappa shape index (κ3) is 3.74. The van der Waals surface area contributed by atoms with Crippen LogP contribution in [0.3, 0.4) is 0 Å². The van der Waals surface area contributed by atoms with E-state index >= 15 is 0 Å². The molecule has 0 radical (unpaired) electrons. The predicted molar refractivity (Wildman–Crippen MR) is 64.0 cm³/mol. The van der Waals surface area contributed by atoms with Crippen molar-refractivity contribution in [1.29, 1.82) is 0 Å². The fourth-order valence-electron chi connectivity index (χ4n) is 2.36. The van der Waals surface area contributed by atoms with Gasteiger partial charge in [0.15, 0.2) is 0 Å². The normalized spacial score (nSPS) is 20.0. The molecule has 3 nitrogen and oxygen atoms in total. The summed E-state index contributed by atoms with van der Waals surface area (Å²) in [5.41, 5.74) is 5.83. The van der Waals surface area contributed by atoms with Crippen LogP contribution in [0.4, 0.5) is 0 Å². The standard InChI is InChI=1S/C12H26N2O/c1-3-14(4-2)9-10-15-12(11-13)7-5-6-8-12/h3-11,13H2,1-2H3. The van der Waals surface area contributed by atoms with Crippen molar-refractivity contribution in [3.63, 3.8) is 0 Å². The third-order valence-corrected chi connectivity index (χ3v) is 3.60. The van der Waals surface area contributed by atoms with Crippen LogP contribution in [-0.4, -0.2) is 43.3 Å². The lowest BCUT2D eigenvalue weighted by atomic mass is 10.0. The molecule has 2 N–H and O–H groups in total. The van der Waals surface area contributed by atoms with Crippen molar-refractivity contribution in [2.75, 3.05) is 32.8 Å². The molecule has 0 aliphatic heterocycles. The minimum atomic E-state index is 0.0210. The van der Waals surface area contributed by atoms with Crippen molar-refractivity contribution >= 4 is 0 Å². The van der Waals surface area contributed by atoms with Crippen LogP contribution in [0.25, 0.3) is 0 Å². The third-order valence-electron chi connectivity index (χ3n) is 3.60. The van der Waals surface area contributed by atoms with Crippen LogP contribution < -0.4 is 5.73 Å². The molecule has 0 aromatic carbocycles. The fraction of sp³-hybridized carbons (Fsp3) is 1.00. The van der Waals surface area contributed by atoms with Crippen molar-refractivity contribution in [1.82, 2.24) is 4.90 Å². The van der Waals surface area contributed by atoms with E-state index in [2.05, 4.69) is 18.7 Å². The Labute approximate surface area is 94.0 Å². The van der Waals surface area contributed by atoms with Crippen LogP contribution in [0.5, 0.6) is 0 Å². The van der Waals surface area contributed by atoms with Gasteiger partial charge in [-0.05, 0) is 25.9 Å². The van der Waals surface area contributed by atoms with Crippen molar-refractivity contribution < 1.29 is 4.74 Å². The first-order valence-electron chi connectivity index (χ1n) is 6.32.